The van der Waals surface area contributed by atoms with Crippen LogP contribution in [0.5, 0.6) is 0 Å². The van der Waals surface area contributed by atoms with Crippen LogP contribution in [0.15, 0.2) is 28.7 Å². The minimum absolute atomic E-state index is 0. The summed E-state index contributed by atoms with van der Waals surface area (Å²) in [5.41, 5.74) is 7.47. The highest BCUT2D eigenvalue weighted by Crippen LogP contribution is 2.33. The monoisotopic (exact) mass is 373 g/mol. The molecule has 1 unspecified atom stereocenters. The quantitative estimate of drug-likeness (QED) is 0.816. The molecule has 1 fully saturated rings. The lowest BCUT2D eigenvalue weighted by atomic mass is 10.1. The highest BCUT2D eigenvalue weighted by atomic mass is 35.5. The van der Waals surface area contributed by atoms with Gasteiger partial charge in [-0.1, -0.05) is 18.2 Å². The first-order valence-corrected chi connectivity index (χ1v) is 7.76. The fraction of sp³-hybridized carbons (Fsp3) is 0.471. The molecule has 5 nitrogen and oxygen atoms in total. The van der Waals surface area contributed by atoms with Crippen LogP contribution >= 0.6 is 24.8 Å². The molecule has 0 saturated heterocycles. The molecule has 0 spiro atoms. The molecule has 1 aliphatic carbocycles. The molecule has 134 valence electrons. The van der Waals surface area contributed by atoms with Gasteiger partial charge in [-0.25, -0.2) is 0 Å². The number of nitrogens with two attached hydrogens (primary N) is 1. The summed E-state index contributed by atoms with van der Waals surface area (Å²) in [5, 5.41) is 4.04. The minimum atomic E-state index is -0.157. The fourth-order valence-electron chi connectivity index (χ4n) is 2.86. The molecule has 1 aromatic carbocycles. The maximum Gasteiger partial charge on any atom is 0.287 e. The van der Waals surface area contributed by atoms with E-state index in [0.29, 0.717) is 24.8 Å². The third-order valence-corrected chi connectivity index (χ3v) is 4.14. The van der Waals surface area contributed by atoms with Crippen LogP contribution in [-0.2, 0) is 6.54 Å². The highest BCUT2D eigenvalue weighted by molar-refractivity contribution is 5.99. The van der Waals surface area contributed by atoms with Crippen LogP contribution in [0, 0.1) is 5.92 Å². The van der Waals surface area contributed by atoms with Crippen molar-refractivity contribution in [2.75, 3.05) is 20.6 Å². The number of rotatable bonds is 6. The zero-order valence-corrected chi connectivity index (χ0v) is 15.6. The zero-order chi connectivity index (χ0) is 15.7. The van der Waals surface area contributed by atoms with Gasteiger partial charge in [0.25, 0.3) is 5.91 Å². The van der Waals surface area contributed by atoms with Gasteiger partial charge < -0.3 is 20.4 Å². The summed E-state index contributed by atoms with van der Waals surface area (Å²) in [6, 6.07) is 7.82. The maximum absolute atomic E-state index is 12.6. The Balaban J connectivity index is 0.00000144. The van der Waals surface area contributed by atoms with Crippen molar-refractivity contribution in [3.63, 3.8) is 0 Å². The summed E-state index contributed by atoms with van der Waals surface area (Å²) in [5.74, 6) is 0.778. The van der Waals surface area contributed by atoms with Gasteiger partial charge in [0.15, 0.2) is 5.76 Å². The van der Waals surface area contributed by atoms with E-state index >= 15 is 0 Å². The van der Waals surface area contributed by atoms with Crippen molar-refractivity contribution < 1.29 is 9.21 Å². The fourth-order valence-corrected chi connectivity index (χ4v) is 2.86. The molecule has 1 aliphatic rings. The lowest BCUT2D eigenvalue weighted by Gasteiger charge is -2.16. The van der Waals surface area contributed by atoms with Crippen molar-refractivity contribution in [2.24, 2.45) is 11.7 Å². The highest BCUT2D eigenvalue weighted by Gasteiger charge is 2.32. The van der Waals surface area contributed by atoms with Crippen molar-refractivity contribution in [3.05, 3.63) is 35.6 Å². The number of halogens is 2. The first-order chi connectivity index (χ1) is 10.6. The number of nitrogens with zero attached hydrogens (tertiary/aromatic N) is 1. The summed E-state index contributed by atoms with van der Waals surface area (Å²) in [4.78, 5) is 14.7. The Bertz CT molecular complexity index is 684. The third-order valence-electron chi connectivity index (χ3n) is 4.14. The predicted molar refractivity (Wildman–Crippen MR) is 101 cm³/mol. The van der Waals surface area contributed by atoms with Crippen LogP contribution < -0.4 is 11.1 Å². The Hall–Kier alpha value is -1.27. The van der Waals surface area contributed by atoms with Crippen LogP contribution in [0.1, 0.15) is 29.0 Å². The van der Waals surface area contributed by atoms with E-state index in [0.717, 1.165) is 29.4 Å². The molecule has 1 aromatic heterocycles. The Morgan fingerprint density at radius 3 is 2.58 bits per heavy atom. The molecule has 1 heterocycles. The molecule has 3 N–H and O–H groups in total. The van der Waals surface area contributed by atoms with Crippen molar-refractivity contribution in [2.45, 2.75) is 25.4 Å². The number of benzene rings is 1. The van der Waals surface area contributed by atoms with Crippen LogP contribution in [0.2, 0.25) is 0 Å². The number of para-hydroxylation sites is 1. The number of amides is 1. The lowest BCUT2D eigenvalue weighted by Crippen LogP contribution is -2.42. The van der Waals surface area contributed by atoms with Gasteiger partial charge in [0.05, 0.1) is 0 Å². The number of hydrogen-bond acceptors (Lipinski definition) is 4. The van der Waals surface area contributed by atoms with Crippen LogP contribution in [0.25, 0.3) is 11.0 Å². The summed E-state index contributed by atoms with van der Waals surface area (Å²) in [7, 11) is 3.96. The number of fused-ring (bicyclic) bond motifs is 1. The number of furan rings is 1. The van der Waals surface area contributed by atoms with Gasteiger partial charge in [0, 0.05) is 30.1 Å². The van der Waals surface area contributed by atoms with E-state index in [1.807, 2.05) is 43.3 Å². The van der Waals surface area contributed by atoms with Gasteiger partial charge in [-0.15, -0.1) is 24.8 Å². The van der Waals surface area contributed by atoms with Crippen molar-refractivity contribution in [1.82, 2.24) is 10.2 Å². The minimum Gasteiger partial charge on any atom is -0.451 e. The van der Waals surface area contributed by atoms with E-state index in [9.17, 15) is 4.79 Å². The summed E-state index contributed by atoms with van der Waals surface area (Å²) in [6.07, 6.45) is 2.29. The van der Waals surface area contributed by atoms with Crippen molar-refractivity contribution >= 4 is 41.7 Å². The molecule has 1 atom stereocenters. The molecular formula is C17H25Cl2N3O2. The van der Waals surface area contributed by atoms with Crippen LogP contribution in [0.3, 0.4) is 0 Å². The zero-order valence-electron chi connectivity index (χ0n) is 14.0. The van der Waals surface area contributed by atoms with Gasteiger partial charge in [0.2, 0.25) is 0 Å². The van der Waals surface area contributed by atoms with E-state index in [1.54, 1.807) is 0 Å². The Kier molecular flexibility index (Phi) is 7.55. The average Bonchev–Trinajstić information content (AvgIpc) is 3.27. The normalized spacial score (nSPS) is 14.8. The number of carbonyl (C=O) groups is 1. The summed E-state index contributed by atoms with van der Waals surface area (Å²) >= 11 is 0. The van der Waals surface area contributed by atoms with Gasteiger partial charge in [-0.2, -0.15) is 0 Å². The first kappa shape index (κ1) is 20.8. The predicted octanol–water partition coefficient (Wildman–Crippen LogP) is 2.81. The Labute approximate surface area is 154 Å². The van der Waals surface area contributed by atoms with Gasteiger partial charge in [0.1, 0.15) is 5.58 Å². The van der Waals surface area contributed by atoms with Crippen molar-refractivity contribution in [1.29, 1.82) is 0 Å². The molecule has 24 heavy (non-hydrogen) atoms. The Morgan fingerprint density at radius 2 is 2.00 bits per heavy atom. The Morgan fingerprint density at radius 1 is 1.33 bits per heavy atom. The second kappa shape index (κ2) is 8.72. The number of hydrogen-bond donors (Lipinski definition) is 2. The molecule has 3 rings (SSSR count). The maximum atomic E-state index is 12.6. The van der Waals surface area contributed by atoms with E-state index in [4.69, 9.17) is 10.2 Å². The summed E-state index contributed by atoms with van der Waals surface area (Å²) < 4.78 is 5.83. The molecule has 7 heteroatoms. The smallest absolute Gasteiger partial charge is 0.287 e. The van der Waals surface area contributed by atoms with Gasteiger partial charge in [-0.05, 0) is 38.9 Å². The molecule has 1 saturated carbocycles. The van der Waals surface area contributed by atoms with E-state index in [-0.39, 0.29) is 36.8 Å². The summed E-state index contributed by atoms with van der Waals surface area (Å²) in [6.45, 7) is 1.14. The van der Waals surface area contributed by atoms with Gasteiger partial charge >= 0.3 is 0 Å². The SMILES string of the molecule is CN(C)Cc1c(C(=O)NC(CN)C2CC2)oc2ccccc12.Cl.Cl. The third kappa shape index (κ3) is 4.42. The lowest BCUT2D eigenvalue weighted by molar-refractivity contribution is 0.0905. The van der Waals surface area contributed by atoms with E-state index in [1.165, 1.54) is 0 Å². The molecule has 0 radical (unpaired) electrons. The van der Waals surface area contributed by atoms with Crippen LogP contribution in [-0.4, -0.2) is 37.5 Å². The van der Waals surface area contributed by atoms with Crippen LogP contribution in [0.4, 0.5) is 0 Å². The number of nitrogens with one attached hydrogen (secondary N) is 1. The second-order valence-electron chi connectivity index (χ2n) is 6.30. The average molecular weight is 374 g/mol. The van der Waals surface area contributed by atoms with E-state index < -0.39 is 0 Å². The molecule has 2 aromatic rings. The van der Waals surface area contributed by atoms with Crippen molar-refractivity contribution in [3.8, 4) is 0 Å². The number of carbonyl (C=O) groups excluding carboxylic acids is 1. The van der Waals surface area contributed by atoms with E-state index in [2.05, 4.69) is 5.32 Å². The van der Waals surface area contributed by atoms with Gasteiger partial charge in [-0.3, -0.25) is 4.79 Å². The molecule has 1 amide bonds. The topological polar surface area (TPSA) is 71.5 Å². The largest absolute Gasteiger partial charge is 0.451 e. The first-order valence-electron chi connectivity index (χ1n) is 7.76. The molecular weight excluding hydrogens is 349 g/mol. The molecule has 0 aliphatic heterocycles. The second-order valence-corrected chi connectivity index (χ2v) is 6.30. The molecule has 0 bridgehead atoms. The standard InChI is InChI=1S/C17H23N3O2.2ClH/c1-20(2)10-13-12-5-3-4-6-15(12)22-16(13)17(21)19-14(9-18)11-7-8-11;;/h3-6,11,14H,7-10,18H2,1-2H3,(H,19,21);2*1H.